The molecular formula is C5H8N2O. The molecule has 8 heavy (non-hydrogen) atoms. The molecule has 0 saturated heterocycles. The van der Waals surface area contributed by atoms with Gasteiger partial charge < -0.3 is 5.21 Å². The number of quaternary nitrogens is 1. The van der Waals surface area contributed by atoms with Gasteiger partial charge in [-0.1, -0.05) is 0 Å². The number of hydrogen-bond donors (Lipinski definition) is 0. The standard InChI is InChI=1S/C5H8N2O/c1-2-7(8)4-3-6-5-7/h2,5H,1,3-4H2. The minimum atomic E-state index is -0.458. The van der Waals surface area contributed by atoms with Gasteiger partial charge in [0.15, 0.2) is 6.34 Å². The number of hydroxylamine groups is 3. The molecule has 1 atom stereocenters. The second-order valence-electron chi connectivity index (χ2n) is 1.78. The van der Waals surface area contributed by atoms with E-state index in [0.717, 1.165) is 0 Å². The van der Waals surface area contributed by atoms with Crippen LogP contribution in [0.25, 0.3) is 0 Å². The van der Waals surface area contributed by atoms with Gasteiger partial charge in [-0.25, -0.2) is 4.99 Å². The average molecular weight is 112 g/mol. The van der Waals surface area contributed by atoms with Crippen LogP contribution in [-0.4, -0.2) is 24.1 Å². The fourth-order valence-corrected chi connectivity index (χ4v) is 0.606. The summed E-state index contributed by atoms with van der Waals surface area (Å²) in [4.78, 5) is 3.77. The molecule has 0 aliphatic carbocycles. The number of hydrogen-bond acceptors (Lipinski definition) is 2. The Bertz CT molecular complexity index is 132. The Kier molecular flexibility index (Phi) is 1.15. The number of rotatable bonds is 1. The third-order valence-electron chi connectivity index (χ3n) is 1.16. The molecule has 0 bridgehead atoms. The molecular weight excluding hydrogens is 104 g/mol. The van der Waals surface area contributed by atoms with Gasteiger partial charge >= 0.3 is 0 Å². The van der Waals surface area contributed by atoms with Crippen molar-refractivity contribution < 1.29 is 4.65 Å². The van der Waals surface area contributed by atoms with E-state index in [4.69, 9.17) is 0 Å². The molecule has 3 heteroatoms. The lowest BCUT2D eigenvalue weighted by Crippen LogP contribution is -2.31. The largest absolute Gasteiger partial charge is 0.622 e. The van der Waals surface area contributed by atoms with E-state index in [9.17, 15) is 5.21 Å². The first kappa shape index (κ1) is 5.47. The smallest absolute Gasteiger partial charge is 0.190 e. The molecule has 3 nitrogen and oxygen atoms in total. The van der Waals surface area contributed by atoms with Crippen LogP contribution in [0.2, 0.25) is 0 Å². The second kappa shape index (κ2) is 1.69. The molecule has 0 fully saturated rings. The highest BCUT2D eigenvalue weighted by atomic mass is 16.5. The van der Waals surface area contributed by atoms with E-state index in [1.54, 1.807) is 0 Å². The molecule has 0 spiro atoms. The molecule has 0 aromatic rings. The molecule has 0 N–H and O–H groups in total. The van der Waals surface area contributed by atoms with Crippen LogP contribution in [0.4, 0.5) is 0 Å². The maximum atomic E-state index is 10.9. The van der Waals surface area contributed by atoms with Gasteiger partial charge in [0.25, 0.3) is 0 Å². The lowest BCUT2D eigenvalue weighted by molar-refractivity contribution is -0.716. The Morgan fingerprint density at radius 2 is 2.62 bits per heavy atom. The van der Waals surface area contributed by atoms with E-state index in [-0.39, 0.29) is 0 Å². The first-order valence-electron chi connectivity index (χ1n) is 2.50. The van der Waals surface area contributed by atoms with Gasteiger partial charge in [0.1, 0.15) is 6.54 Å². The highest BCUT2D eigenvalue weighted by Gasteiger charge is 2.13. The maximum Gasteiger partial charge on any atom is 0.190 e. The zero-order chi connectivity index (χ0) is 6.04. The molecule has 0 amide bonds. The average Bonchev–Trinajstić information content (AvgIpc) is 2.17. The molecule has 0 aromatic heterocycles. The van der Waals surface area contributed by atoms with Crippen LogP contribution in [0.3, 0.4) is 0 Å². The first-order chi connectivity index (χ1) is 3.77. The van der Waals surface area contributed by atoms with Crippen LogP contribution in [0.5, 0.6) is 0 Å². The normalized spacial score (nSPS) is 35.6. The quantitative estimate of drug-likeness (QED) is 0.359. The van der Waals surface area contributed by atoms with Crippen molar-refractivity contribution in [2.45, 2.75) is 0 Å². The molecule has 44 valence electrons. The summed E-state index contributed by atoms with van der Waals surface area (Å²) < 4.78 is -0.458. The summed E-state index contributed by atoms with van der Waals surface area (Å²) in [7, 11) is 0. The molecule has 0 aromatic carbocycles. The van der Waals surface area contributed by atoms with Crippen molar-refractivity contribution in [2.24, 2.45) is 4.99 Å². The maximum absolute atomic E-state index is 10.9. The van der Waals surface area contributed by atoms with Gasteiger partial charge in [-0.05, 0) is 6.58 Å². The van der Waals surface area contributed by atoms with E-state index >= 15 is 0 Å². The predicted molar refractivity (Wildman–Crippen MR) is 32.1 cm³/mol. The Balaban J connectivity index is 2.67. The van der Waals surface area contributed by atoms with Crippen molar-refractivity contribution in [3.05, 3.63) is 18.0 Å². The number of nitrogens with zero attached hydrogens (tertiary/aromatic N) is 2. The fourth-order valence-electron chi connectivity index (χ4n) is 0.606. The Hall–Kier alpha value is -0.670. The van der Waals surface area contributed by atoms with Crippen molar-refractivity contribution in [1.82, 2.24) is 0 Å². The van der Waals surface area contributed by atoms with Gasteiger partial charge in [0.05, 0.1) is 12.7 Å². The van der Waals surface area contributed by atoms with Crippen LogP contribution >= 0.6 is 0 Å². The molecule has 1 heterocycles. The van der Waals surface area contributed by atoms with Gasteiger partial charge in [0, 0.05) is 0 Å². The summed E-state index contributed by atoms with van der Waals surface area (Å²) >= 11 is 0. The van der Waals surface area contributed by atoms with Gasteiger partial charge in [-0.15, -0.1) is 0 Å². The van der Waals surface area contributed by atoms with Crippen molar-refractivity contribution >= 4 is 6.34 Å². The van der Waals surface area contributed by atoms with Crippen LogP contribution in [0.1, 0.15) is 0 Å². The van der Waals surface area contributed by atoms with E-state index in [1.807, 2.05) is 0 Å². The Morgan fingerprint density at radius 1 is 1.88 bits per heavy atom. The fraction of sp³-hybridized carbons (Fsp3) is 0.400. The van der Waals surface area contributed by atoms with Crippen LogP contribution in [0.15, 0.2) is 17.8 Å². The summed E-state index contributed by atoms with van der Waals surface area (Å²) in [6, 6.07) is 0. The predicted octanol–water partition coefficient (Wildman–Crippen LogP) is 0.486. The minimum absolute atomic E-state index is 0.458. The van der Waals surface area contributed by atoms with Crippen molar-refractivity contribution in [1.29, 1.82) is 0 Å². The molecule has 1 unspecified atom stereocenters. The molecule has 1 aliphatic heterocycles. The number of aliphatic imine (C=N–C) groups is 1. The van der Waals surface area contributed by atoms with E-state index in [2.05, 4.69) is 11.6 Å². The third-order valence-corrected chi connectivity index (χ3v) is 1.16. The Labute approximate surface area is 48.1 Å². The monoisotopic (exact) mass is 112 g/mol. The topological polar surface area (TPSA) is 35.4 Å². The highest BCUT2D eigenvalue weighted by Crippen LogP contribution is 2.05. The van der Waals surface area contributed by atoms with Crippen LogP contribution in [0, 0.1) is 5.21 Å². The summed E-state index contributed by atoms with van der Waals surface area (Å²) in [5.74, 6) is 0. The zero-order valence-electron chi connectivity index (χ0n) is 4.58. The van der Waals surface area contributed by atoms with Gasteiger partial charge in [-0.2, -0.15) is 0 Å². The molecule has 0 radical (unpaired) electrons. The van der Waals surface area contributed by atoms with E-state index in [0.29, 0.717) is 13.1 Å². The molecule has 1 rings (SSSR count). The zero-order valence-corrected chi connectivity index (χ0v) is 4.58. The van der Waals surface area contributed by atoms with Crippen molar-refractivity contribution in [3.8, 4) is 0 Å². The van der Waals surface area contributed by atoms with Crippen LogP contribution < -0.4 is 0 Å². The molecule has 1 aliphatic rings. The SMILES string of the molecule is C=C[N+]1([O-])C=NCC1. The van der Waals surface area contributed by atoms with Gasteiger partial charge in [0.2, 0.25) is 0 Å². The highest BCUT2D eigenvalue weighted by molar-refractivity contribution is 5.49. The minimum Gasteiger partial charge on any atom is -0.622 e. The lowest BCUT2D eigenvalue weighted by atomic mass is 10.6. The third kappa shape index (κ3) is 0.778. The lowest BCUT2D eigenvalue weighted by Gasteiger charge is -2.28. The first-order valence-corrected chi connectivity index (χ1v) is 2.50. The molecule has 0 saturated carbocycles. The van der Waals surface area contributed by atoms with Crippen LogP contribution in [-0.2, 0) is 0 Å². The summed E-state index contributed by atoms with van der Waals surface area (Å²) in [5, 5.41) is 10.9. The van der Waals surface area contributed by atoms with E-state index in [1.165, 1.54) is 12.5 Å². The second-order valence-corrected chi connectivity index (χ2v) is 1.78. The summed E-state index contributed by atoms with van der Waals surface area (Å²) in [6.45, 7) is 4.53. The van der Waals surface area contributed by atoms with Crippen molar-refractivity contribution in [2.75, 3.05) is 13.1 Å². The van der Waals surface area contributed by atoms with E-state index < -0.39 is 4.65 Å². The summed E-state index contributed by atoms with van der Waals surface area (Å²) in [6.07, 6.45) is 2.71. The summed E-state index contributed by atoms with van der Waals surface area (Å²) in [5.41, 5.74) is 0. The van der Waals surface area contributed by atoms with Crippen molar-refractivity contribution in [3.63, 3.8) is 0 Å². The van der Waals surface area contributed by atoms with Gasteiger partial charge in [-0.3, -0.25) is 4.65 Å². The Morgan fingerprint density at radius 3 is 2.88 bits per heavy atom.